The van der Waals surface area contributed by atoms with Crippen molar-refractivity contribution in [2.75, 3.05) is 31.6 Å². The summed E-state index contributed by atoms with van der Waals surface area (Å²) in [6, 6.07) is 13.2. The number of esters is 1. The lowest BCUT2D eigenvalue weighted by molar-refractivity contribution is -0.139. The Kier molecular flexibility index (Phi) is 10.4. The number of anilines is 1. The van der Waals surface area contributed by atoms with Crippen molar-refractivity contribution in [2.24, 2.45) is 0 Å². The van der Waals surface area contributed by atoms with E-state index in [-0.39, 0.29) is 18.3 Å². The van der Waals surface area contributed by atoms with Crippen LogP contribution in [-0.4, -0.2) is 57.8 Å². The number of nitrogens with one attached hydrogen (secondary N) is 1. The van der Waals surface area contributed by atoms with Crippen LogP contribution in [0, 0.1) is 5.82 Å². The average molecular weight is 582 g/mol. The van der Waals surface area contributed by atoms with Crippen molar-refractivity contribution in [3.05, 3.63) is 76.7 Å². The maximum atomic E-state index is 14.2. The molecule has 1 N–H and O–H groups in total. The molecule has 0 saturated heterocycles. The number of allylic oxidation sites excluding steroid dienone is 1. The number of unbranched alkanes of at least 4 members (excludes halogenated alkanes) is 1. The number of amides is 1. The van der Waals surface area contributed by atoms with E-state index in [4.69, 9.17) is 14.6 Å². The van der Waals surface area contributed by atoms with Crippen molar-refractivity contribution in [1.82, 2.24) is 19.7 Å². The minimum atomic E-state index is -0.609. The number of carbonyl (C=O) groups is 2. The summed E-state index contributed by atoms with van der Waals surface area (Å²) in [5.41, 5.74) is 2.37. The van der Waals surface area contributed by atoms with Gasteiger partial charge in [-0.3, -0.25) is 4.79 Å². The highest BCUT2D eigenvalue weighted by Crippen LogP contribution is 2.37. The molecular formula is C30H36FN5O4S. The van der Waals surface area contributed by atoms with E-state index in [9.17, 15) is 14.0 Å². The van der Waals surface area contributed by atoms with Gasteiger partial charge in [-0.05, 0) is 56.5 Å². The van der Waals surface area contributed by atoms with E-state index in [2.05, 4.69) is 10.3 Å². The Morgan fingerprint density at radius 2 is 1.83 bits per heavy atom. The Balaban J connectivity index is 1.60. The zero-order valence-electron chi connectivity index (χ0n) is 23.9. The van der Waals surface area contributed by atoms with Gasteiger partial charge in [-0.1, -0.05) is 55.4 Å². The molecule has 4 rings (SSSR count). The van der Waals surface area contributed by atoms with E-state index in [0.29, 0.717) is 59.1 Å². The van der Waals surface area contributed by atoms with Crippen molar-refractivity contribution in [3.8, 4) is 5.75 Å². The molecule has 0 fully saturated rings. The third kappa shape index (κ3) is 7.27. The van der Waals surface area contributed by atoms with E-state index < -0.39 is 12.0 Å². The van der Waals surface area contributed by atoms with Crippen molar-refractivity contribution in [1.29, 1.82) is 0 Å². The van der Waals surface area contributed by atoms with Gasteiger partial charge >= 0.3 is 5.97 Å². The quantitative estimate of drug-likeness (QED) is 0.159. The Morgan fingerprint density at radius 3 is 2.51 bits per heavy atom. The Hall–Kier alpha value is -3.86. The van der Waals surface area contributed by atoms with Crippen LogP contribution in [0.3, 0.4) is 0 Å². The second kappa shape index (κ2) is 14.2. The van der Waals surface area contributed by atoms with Crippen molar-refractivity contribution in [3.63, 3.8) is 0 Å². The molecule has 0 spiro atoms. The lowest BCUT2D eigenvalue weighted by Crippen LogP contribution is -2.34. The number of rotatable bonds is 13. The first kappa shape index (κ1) is 30.1. The molecule has 1 aliphatic heterocycles. The topological polar surface area (TPSA) is 98.6 Å². The molecule has 0 radical (unpaired) electrons. The third-order valence-corrected chi connectivity index (χ3v) is 7.66. The van der Waals surface area contributed by atoms with Crippen molar-refractivity contribution in [2.45, 2.75) is 57.5 Å². The number of hydrogen-bond acceptors (Lipinski definition) is 8. The molecule has 11 heteroatoms. The van der Waals surface area contributed by atoms with E-state index in [0.717, 1.165) is 18.4 Å². The Bertz CT molecular complexity index is 1390. The van der Waals surface area contributed by atoms with Crippen LogP contribution >= 0.6 is 11.8 Å². The Labute approximate surface area is 244 Å². The molecule has 218 valence electrons. The molecule has 1 amide bonds. The number of carbonyl (C=O) groups excluding carboxylic acids is 2. The predicted molar refractivity (Wildman–Crippen MR) is 156 cm³/mol. The summed E-state index contributed by atoms with van der Waals surface area (Å²) in [5, 5.41) is 8.34. The number of ether oxygens (including phenoxy) is 2. The van der Waals surface area contributed by atoms with Crippen LogP contribution in [0.4, 0.5) is 10.3 Å². The van der Waals surface area contributed by atoms with Gasteiger partial charge in [0.1, 0.15) is 17.6 Å². The van der Waals surface area contributed by atoms with Crippen LogP contribution in [0.1, 0.15) is 57.7 Å². The summed E-state index contributed by atoms with van der Waals surface area (Å²) in [6.45, 7) is 9.21. The molecule has 1 aliphatic rings. The highest BCUT2D eigenvalue weighted by molar-refractivity contribution is 7.98. The van der Waals surface area contributed by atoms with Gasteiger partial charge in [0.25, 0.3) is 5.91 Å². The highest BCUT2D eigenvalue weighted by atomic mass is 32.2. The number of likely N-dealkylation sites (N-methyl/N-ethyl adjacent to an activating group) is 1. The zero-order chi connectivity index (χ0) is 29.4. The largest absolute Gasteiger partial charge is 0.484 e. The standard InChI is InChI=1S/C30H36FN5O4S/c1-5-8-17-39-28(38)26-20(4)32-29-33-30(41-19-22-11-9-10-12-24(22)31)34-36(29)27(26)21-13-15-23(16-14-21)40-18-25(37)35(6-2)7-3/h9-16,27H,5-8,17-19H2,1-4H3,(H,32,33,34). The van der Waals surface area contributed by atoms with Gasteiger partial charge in [-0.25, -0.2) is 13.9 Å². The number of hydrogen-bond donors (Lipinski definition) is 1. The monoisotopic (exact) mass is 581 g/mol. The fraction of sp³-hybridized carbons (Fsp3) is 0.400. The molecule has 0 bridgehead atoms. The fourth-order valence-corrected chi connectivity index (χ4v) is 5.28. The summed E-state index contributed by atoms with van der Waals surface area (Å²) in [6.07, 6.45) is 1.67. The van der Waals surface area contributed by atoms with E-state index in [1.807, 2.05) is 39.8 Å². The number of nitrogens with zero attached hydrogens (tertiary/aromatic N) is 4. The van der Waals surface area contributed by atoms with E-state index in [1.165, 1.54) is 17.8 Å². The number of aromatic nitrogens is 3. The molecule has 41 heavy (non-hydrogen) atoms. The molecule has 2 heterocycles. The summed E-state index contributed by atoms with van der Waals surface area (Å²) < 4.78 is 27.2. The minimum absolute atomic E-state index is 0.0573. The predicted octanol–water partition coefficient (Wildman–Crippen LogP) is 5.59. The van der Waals surface area contributed by atoms with Gasteiger partial charge in [0.2, 0.25) is 11.1 Å². The molecule has 1 unspecified atom stereocenters. The minimum Gasteiger partial charge on any atom is -0.484 e. The molecule has 1 atom stereocenters. The first-order chi connectivity index (χ1) is 19.9. The van der Waals surface area contributed by atoms with Crippen LogP contribution in [0.5, 0.6) is 5.75 Å². The molecular weight excluding hydrogens is 545 g/mol. The second-order valence-corrected chi connectivity index (χ2v) is 10.5. The number of benzene rings is 2. The smallest absolute Gasteiger partial charge is 0.338 e. The molecule has 0 aliphatic carbocycles. The van der Waals surface area contributed by atoms with Gasteiger partial charge in [-0.15, -0.1) is 5.10 Å². The Morgan fingerprint density at radius 1 is 1.10 bits per heavy atom. The summed E-state index contributed by atoms with van der Waals surface area (Å²) in [4.78, 5) is 32.0. The lowest BCUT2D eigenvalue weighted by atomic mass is 9.96. The SMILES string of the molecule is CCCCOC(=O)C1=C(C)Nc2nc(SCc3ccccc3F)nn2C1c1ccc(OCC(=O)N(CC)CC)cc1. The first-order valence-electron chi connectivity index (χ1n) is 13.8. The number of thioether (sulfide) groups is 1. The summed E-state index contributed by atoms with van der Waals surface area (Å²) in [7, 11) is 0. The van der Waals surface area contributed by atoms with Gasteiger partial charge in [0, 0.05) is 24.5 Å². The third-order valence-electron chi connectivity index (χ3n) is 6.77. The van der Waals surface area contributed by atoms with Crippen molar-refractivity contribution < 1.29 is 23.5 Å². The van der Waals surface area contributed by atoms with E-state index in [1.54, 1.807) is 39.9 Å². The van der Waals surface area contributed by atoms with Crippen LogP contribution in [0.25, 0.3) is 0 Å². The highest BCUT2D eigenvalue weighted by Gasteiger charge is 2.35. The van der Waals surface area contributed by atoms with Crippen LogP contribution in [0.2, 0.25) is 0 Å². The molecule has 0 saturated carbocycles. The lowest BCUT2D eigenvalue weighted by Gasteiger charge is -2.28. The fourth-order valence-electron chi connectivity index (χ4n) is 4.47. The van der Waals surface area contributed by atoms with Crippen molar-refractivity contribution >= 4 is 29.6 Å². The first-order valence-corrected chi connectivity index (χ1v) is 14.8. The molecule has 9 nitrogen and oxygen atoms in total. The van der Waals surface area contributed by atoms with Gasteiger partial charge in [-0.2, -0.15) is 4.98 Å². The average Bonchev–Trinajstić information content (AvgIpc) is 3.38. The van der Waals surface area contributed by atoms with Gasteiger partial charge in [0.05, 0.1) is 12.2 Å². The van der Waals surface area contributed by atoms with E-state index >= 15 is 0 Å². The second-order valence-electron chi connectivity index (χ2n) is 9.52. The summed E-state index contributed by atoms with van der Waals surface area (Å²) in [5.74, 6) is 0.573. The maximum Gasteiger partial charge on any atom is 0.338 e. The molecule has 2 aromatic carbocycles. The number of fused-ring (bicyclic) bond motifs is 1. The maximum absolute atomic E-state index is 14.2. The van der Waals surface area contributed by atoms with Crippen LogP contribution in [-0.2, 0) is 20.1 Å². The van der Waals surface area contributed by atoms with Crippen LogP contribution in [0.15, 0.2) is 65.0 Å². The summed E-state index contributed by atoms with van der Waals surface area (Å²) >= 11 is 1.31. The zero-order valence-corrected chi connectivity index (χ0v) is 24.7. The molecule has 1 aromatic heterocycles. The normalized spacial score (nSPS) is 14.3. The number of halogens is 1. The van der Waals surface area contributed by atoms with Gasteiger partial charge in [0.15, 0.2) is 6.61 Å². The van der Waals surface area contributed by atoms with Gasteiger partial charge < -0.3 is 19.7 Å². The molecule has 3 aromatic rings. The van der Waals surface area contributed by atoms with Crippen LogP contribution < -0.4 is 10.1 Å².